The molecule has 0 heterocycles. The first kappa shape index (κ1) is 17.1. The number of hydrogen-bond acceptors (Lipinski definition) is 2. The molecule has 0 aliphatic carbocycles. The maximum absolute atomic E-state index is 12.4. The Morgan fingerprint density at radius 1 is 1.05 bits per heavy atom. The van der Waals surface area contributed by atoms with E-state index in [2.05, 4.69) is 19.1 Å². The highest BCUT2D eigenvalue weighted by molar-refractivity contribution is 7.66. The van der Waals surface area contributed by atoms with Crippen molar-refractivity contribution in [1.82, 2.24) is 0 Å². The molecule has 0 aliphatic rings. The van der Waals surface area contributed by atoms with Crippen LogP contribution in [-0.2, 0) is 4.79 Å². The molecule has 3 nitrogen and oxygen atoms in total. The van der Waals surface area contributed by atoms with E-state index in [0.717, 1.165) is 30.6 Å². The number of carboxylic acid groups (broad SMARTS) is 1. The second-order valence-corrected chi connectivity index (χ2v) is 5.78. The molecule has 109 valence electrons. The predicted octanol–water partition coefficient (Wildman–Crippen LogP) is 3.72. The Morgan fingerprint density at radius 2 is 1.52 bits per heavy atom. The first-order valence-corrected chi connectivity index (χ1v) is 7.36. The van der Waals surface area contributed by atoms with E-state index >= 15 is 0 Å². The van der Waals surface area contributed by atoms with Crippen LogP contribution in [0.2, 0.25) is 0 Å². The fraction of sp³-hybridized carbons (Fsp3) is 0.176. The Balaban J connectivity index is 0.000000677. The Morgan fingerprint density at radius 3 is 2.00 bits per heavy atom. The van der Waals surface area contributed by atoms with Crippen LogP contribution in [-0.4, -0.2) is 17.1 Å². The van der Waals surface area contributed by atoms with Crippen molar-refractivity contribution in [2.75, 3.05) is 0 Å². The van der Waals surface area contributed by atoms with Gasteiger partial charge in [0.1, 0.15) is 0 Å². The molecule has 2 aromatic carbocycles. The molecule has 0 atom stereocenters. The van der Waals surface area contributed by atoms with Crippen LogP contribution >= 0.6 is 8.58 Å². The molecule has 0 saturated carbocycles. The lowest BCUT2D eigenvalue weighted by Gasteiger charge is -2.09. The second kappa shape index (κ2) is 8.33. The largest absolute Gasteiger partial charge is 0.483 e. The van der Waals surface area contributed by atoms with Crippen LogP contribution in [0.5, 0.6) is 0 Å². The quantitative estimate of drug-likeness (QED) is 0.694. The summed E-state index contributed by atoms with van der Waals surface area (Å²) in [6, 6.07) is 14.0. The Kier molecular flexibility index (Phi) is 6.77. The van der Waals surface area contributed by atoms with Gasteiger partial charge in [-0.3, -0.25) is 9.59 Å². The summed E-state index contributed by atoms with van der Waals surface area (Å²) in [5.41, 5.74) is 4.39. The van der Waals surface area contributed by atoms with Gasteiger partial charge in [0.2, 0.25) is 0 Å². The number of carbonyl (C=O) groups excluding carboxylic acids is 1. The van der Waals surface area contributed by atoms with Crippen molar-refractivity contribution in [2.45, 2.75) is 20.8 Å². The zero-order valence-corrected chi connectivity index (χ0v) is 13.2. The molecule has 0 saturated heterocycles. The van der Waals surface area contributed by atoms with Gasteiger partial charge in [-0.1, -0.05) is 48.0 Å². The van der Waals surface area contributed by atoms with Crippen LogP contribution in [0.15, 0.2) is 42.5 Å². The molecule has 2 aromatic rings. The van der Waals surface area contributed by atoms with Crippen molar-refractivity contribution in [3.05, 3.63) is 64.7 Å². The van der Waals surface area contributed by atoms with Crippen LogP contribution in [0.3, 0.4) is 0 Å². The normalized spacial score (nSPS) is 10.0. The fourth-order valence-corrected chi connectivity index (χ4v) is 3.21. The smallest absolute Gasteiger partial charge is 0.290 e. The molecule has 0 aliphatic heterocycles. The third-order valence-corrected chi connectivity index (χ3v) is 3.86. The molecule has 21 heavy (non-hydrogen) atoms. The van der Waals surface area contributed by atoms with Gasteiger partial charge in [-0.25, -0.2) is 0 Å². The van der Waals surface area contributed by atoms with Crippen molar-refractivity contribution in [3.63, 3.8) is 0 Å². The minimum Gasteiger partial charge on any atom is -0.483 e. The Labute approximate surface area is 126 Å². The van der Waals surface area contributed by atoms with Gasteiger partial charge in [-0.15, -0.1) is 0 Å². The number of carbonyl (C=O) groups is 2. The highest BCUT2D eigenvalue weighted by Crippen LogP contribution is 2.25. The first-order valence-electron chi connectivity index (χ1n) is 6.46. The van der Waals surface area contributed by atoms with Crippen LogP contribution in [0.4, 0.5) is 0 Å². The standard InChI is InChI=1S/C16H16OP.CH2O2/c1-11-9-12(2)15(13(3)10-11)16(17)18-14-7-5-4-6-8-14;2-1-3/h4-10H,1-3H3;1H,(H,2,3). The van der Waals surface area contributed by atoms with Crippen molar-refractivity contribution >= 4 is 25.9 Å². The molecule has 0 amide bonds. The van der Waals surface area contributed by atoms with Gasteiger partial charge >= 0.3 is 0 Å². The average Bonchev–Trinajstić information content (AvgIpc) is 2.39. The van der Waals surface area contributed by atoms with E-state index in [1.165, 1.54) is 5.56 Å². The molecular formula is C17H18O3P. The number of aryl methyl sites for hydroxylation is 3. The van der Waals surface area contributed by atoms with Gasteiger partial charge in [-0.05, 0) is 37.2 Å². The summed E-state index contributed by atoms with van der Waals surface area (Å²) in [5, 5.41) is 7.93. The van der Waals surface area contributed by atoms with Gasteiger partial charge in [0.25, 0.3) is 6.47 Å². The van der Waals surface area contributed by atoms with Crippen LogP contribution < -0.4 is 5.30 Å². The average molecular weight is 301 g/mol. The van der Waals surface area contributed by atoms with Gasteiger partial charge in [0, 0.05) is 14.1 Å². The van der Waals surface area contributed by atoms with E-state index in [1.54, 1.807) is 0 Å². The lowest BCUT2D eigenvalue weighted by molar-refractivity contribution is -0.122. The van der Waals surface area contributed by atoms with E-state index < -0.39 is 0 Å². The lowest BCUT2D eigenvalue weighted by Crippen LogP contribution is -2.04. The topological polar surface area (TPSA) is 54.4 Å². The van der Waals surface area contributed by atoms with Crippen LogP contribution in [0.1, 0.15) is 27.0 Å². The summed E-state index contributed by atoms with van der Waals surface area (Å²) in [6.45, 7) is 5.82. The van der Waals surface area contributed by atoms with E-state index in [9.17, 15) is 4.79 Å². The summed E-state index contributed by atoms with van der Waals surface area (Å²) in [4.78, 5) is 20.7. The third-order valence-electron chi connectivity index (χ3n) is 2.88. The summed E-state index contributed by atoms with van der Waals surface area (Å²) in [5.74, 6) is 0. The second-order valence-electron chi connectivity index (χ2n) is 4.63. The van der Waals surface area contributed by atoms with Crippen molar-refractivity contribution in [3.8, 4) is 0 Å². The van der Waals surface area contributed by atoms with Crippen molar-refractivity contribution in [1.29, 1.82) is 0 Å². The molecule has 0 unspecified atom stereocenters. The summed E-state index contributed by atoms with van der Waals surface area (Å²) in [6.07, 6.45) is 0. The maximum Gasteiger partial charge on any atom is 0.290 e. The van der Waals surface area contributed by atoms with E-state index in [0.29, 0.717) is 0 Å². The van der Waals surface area contributed by atoms with E-state index in [4.69, 9.17) is 9.90 Å². The summed E-state index contributed by atoms with van der Waals surface area (Å²) >= 11 is 0. The molecule has 0 bridgehead atoms. The highest BCUT2D eigenvalue weighted by Gasteiger charge is 2.13. The summed E-state index contributed by atoms with van der Waals surface area (Å²) < 4.78 is 0. The highest BCUT2D eigenvalue weighted by atomic mass is 31.1. The summed E-state index contributed by atoms with van der Waals surface area (Å²) in [7, 11) is 0.749. The molecule has 0 aromatic heterocycles. The Bertz CT molecular complexity index is 598. The first-order chi connectivity index (χ1) is 9.99. The van der Waals surface area contributed by atoms with Gasteiger partial charge in [-0.2, -0.15) is 0 Å². The maximum atomic E-state index is 12.4. The fourth-order valence-electron chi connectivity index (χ4n) is 2.19. The number of rotatable bonds is 3. The van der Waals surface area contributed by atoms with Crippen molar-refractivity contribution < 1.29 is 14.7 Å². The number of benzene rings is 2. The number of hydrogen-bond donors (Lipinski definition) is 1. The predicted molar refractivity (Wildman–Crippen MR) is 86.7 cm³/mol. The van der Waals surface area contributed by atoms with Gasteiger partial charge in [0.05, 0.1) is 0 Å². The molecule has 1 radical (unpaired) electrons. The van der Waals surface area contributed by atoms with Crippen LogP contribution in [0.25, 0.3) is 0 Å². The molecule has 4 heteroatoms. The Hall–Kier alpha value is -1.99. The minimum absolute atomic E-state index is 0.177. The lowest BCUT2D eigenvalue weighted by atomic mass is 10.0. The minimum atomic E-state index is -0.250. The molecule has 0 fully saturated rings. The third kappa shape index (κ3) is 5.13. The van der Waals surface area contributed by atoms with Gasteiger partial charge < -0.3 is 5.11 Å². The monoisotopic (exact) mass is 301 g/mol. The zero-order chi connectivity index (χ0) is 15.8. The molecule has 2 rings (SSSR count). The molecule has 1 N–H and O–H groups in total. The van der Waals surface area contributed by atoms with Crippen molar-refractivity contribution in [2.24, 2.45) is 0 Å². The van der Waals surface area contributed by atoms with Crippen LogP contribution in [0, 0.1) is 20.8 Å². The molecule has 0 spiro atoms. The molecular weight excluding hydrogens is 283 g/mol. The van der Waals surface area contributed by atoms with E-state index in [1.807, 2.05) is 44.2 Å². The SMILES string of the molecule is Cc1cc(C)c(C(=O)[P]c2ccccc2)c(C)c1.O=CO. The van der Waals surface area contributed by atoms with E-state index in [-0.39, 0.29) is 12.0 Å². The zero-order valence-electron chi connectivity index (χ0n) is 12.3. The van der Waals surface area contributed by atoms with Gasteiger partial charge in [0.15, 0.2) is 5.52 Å².